The highest BCUT2D eigenvalue weighted by atomic mass is 35.5. The van der Waals surface area contributed by atoms with Crippen LogP contribution in [0.5, 0.6) is 0 Å². The molecule has 0 unspecified atom stereocenters. The lowest BCUT2D eigenvalue weighted by molar-refractivity contribution is 0.0943. The summed E-state index contributed by atoms with van der Waals surface area (Å²) in [4.78, 5) is 35.2. The molecule has 0 aliphatic heterocycles. The van der Waals surface area contributed by atoms with Crippen LogP contribution in [0.25, 0.3) is 11.3 Å². The first-order valence-electron chi connectivity index (χ1n) is 10.5. The molecule has 13 heteroatoms. The van der Waals surface area contributed by atoms with Gasteiger partial charge in [0, 0.05) is 46.4 Å². The van der Waals surface area contributed by atoms with Gasteiger partial charge in [-0.1, -0.05) is 11.6 Å². The Balaban J connectivity index is 1.51. The molecule has 0 aromatic carbocycles. The van der Waals surface area contributed by atoms with Gasteiger partial charge in [0.2, 0.25) is 0 Å². The number of carbonyl (C=O) groups is 1. The van der Waals surface area contributed by atoms with E-state index in [0.29, 0.717) is 40.9 Å². The van der Waals surface area contributed by atoms with Crippen LogP contribution in [0.4, 0.5) is 5.82 Å². The molecule has 0 bridgehead atoms. The predicted molar refractivity (Wildman–Crippen MR) is 141 cm³/mol. The topological polar surface area (TPSA) is 118 Å². The molecule has 5 aromatic heterocycles. The van der Waals surface area contributed by atoms with Gasteiger partial charge in [-0.25, -0.2) is 9.97 Å². The molecule has 5 heterocycles. The van der Waals surface area contributed by atoms with E-state index in [1.165, 1.54) is 49.3 Å². The maximum atomic E-state index is 13.1. The highest BCUT2D eigenvalue weighted by molar-refractivity contribution is 7.16. The zero-order valence-corrected chi connectivity index (χ0v) is 21.6. The van der Waals surface area contributed by atoms with Gasteiger partial charge in [-0.3, -0.25) is 9.59 Å². The summed E-state index contributed by atoms with van der Waals surface area (Å²) >= 11 is 10.3. The number of aromatic nitrogens is 5. The number of aryl methyl sites for hydroxylation is 2. The Morgan fingerprint density at radius 3 is 2.69 bits per heavy atom. The number of thiazole rings is 2. The molecule has 0 saturated heterocycles. The highest BCUT2D eigenvalue weighted by Gasteiger charge is 2.20. The molecule has 0 atom stereocenters. The Morgan fingerprint density at radius 1 is 1.17 bits per heavy atom. The first-order valence-corrected chi connectivity index (χ1v) is 13.6. The van der Waals surface area contributed by atoms with Gasteiger partial charge in [0.15, 0.2) is 0 Å². The highest BCUT2D eigenvalue weighted by Crippen LogP contribution is 2.26. The van der Waals surface area contributed by atoms with E-state index in [1.807, 2.05) is 23.6 Å². The van der Waals surface area contributed by atoms with Crippen LogP contribution < -0.4 is 10.9 Å². The second-order valence-corrected chi connectivity index (χ2v) is 10.8. The second-order valence-electron chi connectivity index (χ2n) is 7.55. The molecule has 0 radical (unpaired) electrons. The fourth-order valence-electron chi connectivity index (χ4n) is 3.47. The SMILES string of the molecule is N#Cc1cc(-c2cc(NCc3ccc(Cl)s3)n(C(=O)c3cscn3)n2)cn(CCc2cscn2)c1=O. The third-order valence-electron chi connectivity index (χ3n) is 5.22. The Morgan fingerprint density at radius 2 is 2.00 bits per heavy atom. The number of halogens is 1. The van der Waals surface area contributed by atoms with E-state index in [4.69, 9.17) is 11.6 Å². The van der Waals surface area contributed by atoms with Crippen molar-refractivity contribution in [1.29, 1.82) is 5.26 Å². The molecule has 0 fully saturated rings. The summed E-state index contributed by atoms with van der Waals surface area (Å²) in [5.74, 6) is 0.0535. The number of nitriles is 1. The van der Waals surface area contributed by atoms with Gasteiger partial charge >= 0.3 is 0 Å². The van der Waals surface area contributed by atoms with Crippen LogP contribution in [-0.2, 0) is 19.5 Å². The zero-order valence-electron chi connectivity index (χ0n) is 18.4. The van der Waals surface area contributed by atoms with E-state index < -0.39 is 5.91 Å². The third-order valence-corrected chi connectivity index (χ3v) is 7.67. The monoisotopic (exact) mass is 553 g/mol. The van der Waals surface area contributed by atoms with E-state index >= 15 is 0 Å². The molecule has 0 amide bonds. The van der Waals surface area contributed by atoms with Crippen molar-refractivity contribution in [2.75, 3.05) is 5.32 Å². The summed E-state index contributed by atoms with van der Waals surface area (Å²) < 4.78 is 3.40. The molecule has 5 aromatic rings. The minimum Gasteiger partial charge on any atom is -0.365 e. The maximum Gasteiger partial charge on any atom is 0.299 e. The van der Waals surface area contributed by atoms with E-state index in [1.54, 1.807) is 28.7 Å². The minimum atomic E-state index is -0.397. The first-order chi connectivity index (χ1) is 17.5. The summed E-state index contributed by atoms with van der Waals surface area (Å²) in [7, 11) is 0. The largest absolute Gasteiger partial charge is 0.365 e. The molecule has 180 valence electrons. The van der Waals surface area contributed by atoms with E-state index in [-0.39, 0.29) is 16.8 Å². The maximum absolute atomic E-state index is 13.1. The van der Waals surface area contributed by atoms with Crippen molar-refractivity contribution >= 4 is 57.3 Å². The molecule has 36 heavy (non-hydrogen) atoms. The van der Waals surface area contributed by atoms with Crippen molar-refractivity contribution in [1.82, 2.24) is 24.3 Å². The number of rotatable bonds is 8. The molecule has 0 spiro atoms. The van der Waals surface area contributed by atoms with Gasteiger partial charge < -0.3 is 9.88 Å². The average molecular weight is 554 g/mol. The predicted octanol–water partition coefficient (Wildman–Crippen LogP) is 4.75. The molecule has 1 N–H and O–H groups in total. The van der Waals surface area contributed by atoms with Crippen LogP contribution in [0, 0.1) is 11.3 Å². The Labute approximate surface area is 221 Å². The van der Waals surface area contributed by atoms with Gasteiger partial charge in [0.1, 0.15) is 23.1 Å². The van der Waals surface area contributed by atoms with Crippen molar-refractivity contribution in [3.05, 3.63) is 88.8 Å². The summed E-state index contributed by atoms with van der Waals surface area (Å²) in [5, 5.41) is 20.9. The standard InChI is InChI=1S/C23H16ClN7O2S3/c24-20-2-1-17(36-20)8-26-21-6-18(29-31(21)23(33)19-11-35-13-28-19)15-5-14(7-25)22(32)30(9-15)4-3-16-10-34-12-27-16/h1-2,5-6,9-13,26H,3-4,8H2. The minimum absolute atomic E-state index is 0.00566. The molecule has 9 nitrogen and oxygen atoms in total. The van der Waals surface area contributed by atoms with Crippen molar-refractivity contribution < 1.29 is 4.79 Å². The molecular formula is C23H16ClN7O2S3. The summed E-state index contributed by atoms with van der Waals surface area (Å²) in [6.45, 7) is 0.789. The Bertz CT molecular complexity index is 1610. The third kappa shape index (κ3) is 5.14. The number of nitrogens with one attached hydrogen (secondary N) is 1. The van der Waals surface area contributed by atoms with Gasteiger partial charge in [-0.2, -0.15) is 15.0 Å². The molecular weight excluding hydrogens is 538 g/mol. The quantitative estimate of drug-likeness (QED) is 0.294. The number of pyridine rings is 1. The fraction of sp³-hybridized carbons (Fsp3) is 0.130. The number of hydrogen-bond acceptors (Lipinski definition) is 10. The van der Waals surface area contributed by atoms with Crippen molar-refractivity contribution in [3.8, 4) is 17.3 Å². The number of carbonyl (C=O) groups excluding carboxylic acids is 1. The van der Waals surface area contributed by atoms with Crippen LogP contribution >= 0.6 is 45.6 Å². The fourth-order valence-corrected chi connectivity index (χ4v) is 5.62. The first kappa shape index (κ1) is 24.1. The number of hydrogen-bond donors (Lipinski definition) is 1. The Hall–Kier alpha value is -3.63. The van der Waals surface area contributed by atoms with E-state index in [2.05, 4.69) is 20.4 Å². The van der Waals surface area contributed by atoms with Crippen LogP contribution in [0.15, 0.2) is 57.0 Å². The zero-order chi connectivity index (χ0) is 25.1. The van der Waals surface area contributed by atoms with Crippen LogP contribution in [0.1, 0.15) is 26.6 Å². The van der Waals surface area contributed by atoms with E-state index in [0.717, 1.165) is 10.6 Å². The normalized spacial score (nSPS) is 10.9. The number of anilines is 1. The van der Waals surface area contributed by atoms with Crippen LogP contribution in [-0.4, -0.2) is 30.2 Å². The van der Waals surface area contributed by atoms with Gasteiger partial charge in [0.05, 0.1) is 33.3 Å². The molecule has 0 saturated carbocycles. The lowest BCUT2D eigenvalue weighted by Gasteiger charge is -2.07. The summed E-state index contributed by atoms with van der Waals surface area (Å²) in [5.41, 5.74) is 5.03. The molecule has 0 aliphatic carbocycles. The van der Waals surface area contributed by atoms with Crippen molar-refractivity contribution in [3.63, 3.8) is 0 Å². The number of nitrogens with zero attached hydrogens (tertiary/aromatic N) is 6. The van der Waals surface area contributed by atoms with Gasteiger partial charge in [-0.05, 0) is 18.2 Å². The van der Waals surface area contributed by atoms with Crippen molar-refractivity contribution in [2.45, 2.75) is 19.5 Å². The second kappa shape index (κ2) is 10.5. The molecule has 0 aliphatic rings. The lowest BCUT2D eigenvalue weighted by Crippen LogP contribution is -2.23. The van der Waals surface area contributed by atoms with Gasteiger partial charge in [-0.15, -0.1) is 34.0 Å². The average Bonchev–Trinajstić information content (AvgIpc) is 3.69. The van der Waals surface area contributed by atoms with E-state index in [9.17, 15) is 14.9 Å². The van der Waals surface area contributed by atoms with Gasteiger partial charge in [0.25, 0.3) is 11.5 Å². The lowest BCUT2D eigenvalue weighted by atomic mass is 10.1. The summed E-state index contributed by atoms with van der Waals surface area (Å²) in [6.07, 6.45) is 2.20. The molecule has 5 rings (SSSR count). The number of thiophene rings is 1. The smallest absolute Gasteiger partial charge is 0.299 e. The Kier molecular flexibility index (Phi) is 7.06. The van der Waals surface area contributed by atoms with Crippen molar-refractivity contribution in [2.24, 2.45) is 0 Å². The summed E-state index contributed by atoms with van der Waals surface area (Å²) in [6, 6.07) is 8.89. The van der Waals surface area contributed by atoms with Crippen LogP contribution in [0.3, 0.4) is 0 Å². The van der Waals surface area contributed by atoms with Crippen LogP contribution in [0.2, 0.25) is 4.34 Å².